The van der Waals surface area contributed by atoms with Gasteiger partial charge < -0.3 is 4.74 Å². The van der Waals surface area contributed by atoms with Crippen LogP contribution in [0, 0.1) is 10.5 Å². The summed E-state index contributed by atoms with van der Waals surface area (Å²) in [5, 5.41) is 0. The molecule has 0 aliphatic rings. The van der Waals surface area contributed by atoms with Gasteiger partial charge in [0.25, 0.3) is 0 Å². The summed E-state index contributed by atoms with van der Waals surface area (Å²) in [5.41, 5.74) is 0.702. The number of aryl methyl sites for hydroxylation is 1. The fraction of sp³-hybridized carbons (Fsp3) is 0.375. The van der Waals surface area contributed by atoms with Gasteiger partial charge in [0.15, 0.2) is 0 Å². The molecule has 0 amide bonds. The minimum absolute atomic E-state index is 0.0747. The van der Waals surface area contributed by atoms with E-state index in [0.29, 0.717) is 5.69 Å². The average Bonchev–Trinajstić information content (AvgIpc) is 2.08. The molecule has 1 aromatic rings. The summed E-state index contributed by atoms with van der Waals surface area (Å²) < 4.78 is 40.5. The fourth-order valence-corrected chi connectivity index (χ4v) is 1.58. The van der Waals surface area contributed by atoms with Crippen molar-refractivity contribution in [3.63, 3.8) is 0 Å². The molecule has 0 saturated carbocycles. The maximum absolute atomic E-state index is 12.0. The summed E-state index contributed by atoms with van der Waals surface area (Å²) in [6, 6.07) is 1.52. The lowest BCUT2D eigenvalue weighted by molar-refractivity contribution is -0.276. The summed E-state index contributed by atoms with van der Waals surface area (Å²) in [6.07, 6.45) is -4.74. The number of rotatable bonds is 2. The van der Waals surface area contributed by atoms with Crippen molar-refractivity contribution in [2.24, 2.45) is 0 Å². The number of pyridine rings is 1. The molecule has 0 N–H and O–H groups in total. The third-order valence-corrected chi connectivity index (χ3v) is 2.93. The van der Waals surface area contributed by atoms with E-state index in [0.717, 1.165) is 3.57 Å². The predicted molar refractivity (Wildman–Crippen MR) is 57.9 cm³/mol. The molecule has 1 heterocycles. The lowest BCUT2D eigenvalue weighted by Gasteiger charge is -2.12. The normalized spacial score (nSPS) is 11.6. The van der Waals surface area contributed by atoms with Crippen molar-refractivity contribution in [1.82, 2.24) is 4.98 Å². The van der Waals surface area contributed by atoms with Crippen LogP contribution in [-0.4, -0.2) is 11.3 Å². The van der Waals surface area contributed by atoms with Gasteiger partial charge in [0.1, 0.15) is 0 Å². The zero-order valence-corrected chi connectivity index (χ0v) is 10.4. The second-order valence-electron chi connectivity index (χ2n) is 2.70. The van der Waals surface area contributed by atoms with E-state index in [1.807, 2.05) is 22.6 Å². The molecule has 0 atom stereocenters. The first-order valence-corrected chi connectivity index (χ1v) is 5.42. The monoisotopic (exact) mass is 351 g/mol. The minimum atomic E-state index is -4.74. The minimum Gasteiger partial charge on any atom is -0.388 e. The second kappa shape index (κ2) is 4.73. The van der Waals surface area contributed by atoms with Crippen molar-refractivity contribution in [1.29, 1.82) is 0 Å². The summed E-state index contributed by atoms with van der Waals surface area (Å²) in [5.74, 6) is -0.551. The van der Waals surface area contributed by atoms with Gasteiger partial charge in [0, 0.05) is 9.13 Å². The molecule has 2 nitrogen and oxygen atoms in total. The summed E-state index contributed by atoms with van der Waals surface area (Å²) >= 11 is 7.46. The standard InChI is InChI=1S/C8H6ClF3INO/c1-4-6(13)2-5(3-9)7(14-4)15-8(10,11)12/h2H,3H2,1H3. The number of alkyl halides is 4. The quantitative estimate of drug-likeness (QED) is 0.600. The number of aromatic nitrogens is 1. The van der Waals surface area contributed by atoms with Crippen molar-refractivity contribution in [3.8, 4) is 5.88 Å². The number of hydrogen-bond acceptors (Lipinski definition) is 2. The molecule has 0 saturated heterocycles. The van der Waals surface area contributed by atoms with Gasteiger partial charge in [0.2, 0.25) is 5.88 Å². The Balaban J connectivity index is 3.11. The van der Waals surface area contributed by atoms with Crippen LogP contribution in [0.15, 0.2) is 6.07 Å². The molecule has 1 aromatic heterocycles. The molecule has 0 fully saturated rings. The van der Waals surface area contributed by atoms with Crippen LogP contribution >= 0.6 is 34.2 Å². The highest BCUT2D eigenvalue weighted by atomic mass is 127. The molecule has 0 radical (unpaired) electrons. The van der Waals surface area contributed by atoms with Crippen molar-refractivity contribution in [3.05, 3.63) is 20.9 Å². The molecule has 84 valence electrons. The first-order valence-electron chi connectivity index (χ1n) is 3.81. The highest BCUT2D eigenvalue weighted by molar-refractivity contribution is 14.1. The Bertz CT molecular complexity index is 370. The first kappa shape index (κ1) is 12.8. The number of halogens is 5. The zero-order valence-electron chi connectivity index (χ0n) is 7.53. The van der Waals surface area contributed by atoms with Crippen LogP contribution in [0.3, 0.4) is 0 Å². The number of hydrogen-bond donors (Lipinski definition) is 0. The van der Waals surface area contributed by atoms with Gasteiger partial charge in [-0.1, -0.05) is 0 Å². The number of nitrogens with zero attached hydrogens (tertiary/aromatic N) is 1. The Kier molecular flexibility index (Phi) is 4.05. The maximum atomic E-state index is 12.0. The third kappa shape index (κ3) is 3.67. The summed E-state index contributed by atoms with van der Waals surface area (Å²) in [4.78, 5) is 3.69. The SMILES string of the molecule is Cc1nc(OC(F)(F)F)c(CCl)cc1I. The van der Waals surface area contributed by atoms with E-state index in [1.54, 1.807) is 6.92 Å². The van der Waals surface area contributed by atoms with E-state index in [2.05, 4.69) is 9.72 Å². The van der Waals surface area contributed by atoms with Crippen LogP contribution in [0.4, 0.5) is 13.2 Å². The van der Waals surface area contributed by atoms with E-state index >= 15 is 0 Å². The Morgan fingerprint density at radius 1 is 1.53 bits per heavy atom. The van der Waals surface area contributed by atoms with Crippen molar-refractivity contribution in [2.75, 3.05) is 0 Å². The van der Waals surface area contributed by atoms with Crippen LogP contribution in [-0.2, 0) is 5.88 Å². The van der Waals surface area contributed by atoms with E-state index in [-0.39, 0.29) is 11.4 Å². The molecular weight excluding hydrogens is 345 g/mol. The van der Waals surface area contributed by atoms with Crippen molar-refractivity contribution in [2.45, 2.75) is 19.2 Å². The van der Waals surface area contributed by atoms with Gasteiger partial charge >= 0.3 is 6.36 Å². The molecule has 7 heteroatoms. The lowest BCUT2D eigenvalue weighted by Crippen LogP contribution is -2.19. The van der Waals surface area contributed by atoms with Crippen LogP contribution < -0.4 is 4.74 Å². The third-order valence-electron chi connectivity index (χ3n) is 1.55. The molecule has 0 unspecified atom stereocenters. The van der Waals surface area contributed by atoms with Gasteiger partial charge in [-0.15, -0.1) is 24.8 Å². The van der Waals surface area contributed by atoms with Crippen LogP contribution in [0.1, 0.15) is 11.3 Å². The Morgan fingerprint density at radius 2 is 2.13 bits per heavy atom. The smallest absolute Gasteiger partial charge is 0.388 e. The van der Waals surface area contributed by atoms with Gasteiger partial charge in [0.05, 0.1) is 11.6 Å². The zero-order chi connectivity index (χ0) is 11.6. The molecule has 1 rings (SSSR count). The second-order valence-corrected chi connectivity index (χ2v) is 4.13. The highest BCUT2D eigenvalue weighted by Gasteiger charge is 2.33. The topological polar surface area (TPSA) is 22.1 Å². The van der Waals surface area contributed by atoms with Gasteiger partial charge in [-0.2, -0.15) is 0 Å². The van der Waals surface area contributed by atoms with Crippen molar-refractivity contribution >= 4 is 34.2 Å². The highest BCUT2D eigenvalue weighted by Crippen LogP contribution is 2.27. The maximum Gasteiger partial charge on any atom is 0.574 e. The Hall–Kier alpha value is -0.240. The first-order chi connectivity index (χ1) is 6.83. The van der Waals surface area contributed by atoms with Crippen LogP contribution in [0.2, 0.25) is 0 Å². The van der Waals surface area contributed by atoms with E-state index in [9.17, 15) is 13.2 Å². The summed E-state index contributed by atoms with van der Waals surface area (Å²) in [6.45, 7) is 1.60. The molecule has 0 aliphatic heterocycles. The molecule has 0 bridgehead atoms. The molecule has 15 heavy (non-hydrogen) atoms. The van der Waals surface area contributed by atoms with Gasteiger partial charge in [-0.05, 0) is 35.6 Å². The average molecular weight is 351 g/mol. The van der Waals surface area contributed by atoms with Gasteiger partial charge in [-0.25, -0.2) is 4.98 Å². The predicted octanol–water partition coefficient (Wildman–Crippen LogP) is 3.63. The van der Waals surface area contributed by atoms with E-state index in [1.165, 1.54) is 6.07 Å². The number of ether oxygens (including phenoxy) is 1. The van der Waals surface area contributed by atoms with E-state index in [4.69, 9.17) is 11.6 Å². The fourth-order valence-electron chi connectivity index (χ4n) is 0.890. The molecule has 0 aliphatic carbocycles. The van der Waals surface area contributed by atoms with E-state index < -0.39 is 12.2 Å². The van der Waals surface area contributed by atoms with Crippen molar-refractivity contribution < 1.29 is 17.9 Å². The molecular formula is C8H6ClF3INO. The van der Waals surface area contributed by atoms with Gasteiger partial charge in [-0.3, -0.25) is 0 Å². The summed E-state index contributed by atoms with van der Waals surface area (Å²) in [7, 11) is 0. The lowest BCUT2D eigenvalue weighted by atomic mass is 10.3. The van der Waals surface area contributed by atoms with Crippen LogP contribution in [0.5, 0.6) is 5.88 Å². The Morgan fingerprint density at radius 3 is 2.60 bits per heavy atom. The Labute approximate surface area is 103 Å². The molecule has 0 spiro atoms. The molecule has 0 aromatic carbocycles. The largest absolute Gasteiger partial charge is 0.574 e. The van der Waals surface area contributed by atoms with Crippen LogP contribution in [0.25, 0.3) is 0 Å².